The standard InChI is InChI=1S/C24H15BrOSSe/c25-16-7-6-8-17(13-16)26-18-14-21(27-19-9-2-1-3-10-19)24-20-11-4-5-12-22(20)28-23(24)15-18/h1-15H. The van der Waals surface area contributed by atoms with Gasteiger partial charge in [-0.3, -0.25) is 0 Å². The molecule has 0 spiro atoms. The summed E-state index contributed by atoms with van der Waals surface area (Å²) in [4.78, 5) is 2.49. The van der Waals surface area contributed by atoms with E-state index in [1.165, 1.54) is 29.1 Å². The van der Waals surface area contributed by atoms with Crippen LogP contribution in [-0.4, -0.2) is 14.5 Å². The minimum absolute atomic E-state index is 0.300. The molecule has 5 rings (SSSR count). The molecule has 0 saturated carbocycles. The first-order valence-electron chi connectivity index (χ1n) is 8.88. The topological polar surface area (TPSA) is 9.23 Å². The van der Waals surface area contributed by atoms with Crippen molar-refractivity contribution in [2.45, 2.75) is 9.79 Å². The summed E-state index contributed by atoms with van der Waals surface area (Å²) in [5.74, 6) is 1.73. The second-order valence-electron chi connectivity index (χ2n) is 6.37. The molecular weight excluding hydrogens is 495 g/mol. The predicted octanol–water partition coefficient (Wildman–Crippen LogP) is 7.76. The van der Waals surface area contributed by atoms with Gasteiger partial charge in [0.15, 0.2) is 0 Å². The molecular formula is C24H15BrOSSe. The summed E-state index contributed by atoms with van der Waals surface area (Å²) in [7, 11) is 0. The Morgan fingerprint density at radius 3 is 2.39 bits per heavy atom. The Morgan fingerprint density at radius 2 is 1.54 bits per heavy atom. The fourth-order valence-corrected chi connectivity index (χ4v) is 7.22. The molecule has 0 amide bonds. The molecule has 1 nitrogen and oxygen atoms in total. The molecule has 1 aromatic heterocycles. The normalized spacial score (nSPS) is 11.2. The number of hydrogen-bond acceptors (Lipinski definition) is 2. The Hall–Kier alpha value is -1.97. The molecule has 0 radical (unpaired) electrons. The van der Waals surface area contributed by atoms with E-state index in [0.717, 1.165) is 16.0 Å². The Labute approximate surface area is 182 Å². The molecule has 1 heterocycles. The van der Waals surface area contributed by atoms with Gasteiger partial charge in [-0.2, -0.15) is 0 Å². The van der Waals surface area contributed by atoms with Crippen LogP contribution < -0.4 is 4.74 Å². The zero-order chi connectivity index (χ0) is 18.9. The minimum atomic E-state index is 0.300. The van der Waals surface area contributed by atoms with Crippen molar-refractivity contribution in [3.05, 3.63) is 95.5 Å². The van der Waals surface area contributed by atoms with Crippen LogP contribution in [0.2, 0.25) is 0 Å². The SMILES string of the molecule is Brc1cccc(Oc2cc(Sc3ccccc3)c3c(c2)[se]c2ccccc23)c1. The maximum absolute atomic E-state index is 6.23. The molecule has 0 aliphatic rings. The average molecular weight is 510 g/mol. The zero-order valence-corrected chi connectivity index (χ0v) is 18.9. The summed E-state index contributed by atoms with van der Waals surface area (Å²) in [5.41, 5.74) is 0. The number of benzene rings is 4. The Morgan fingerprint density at radius 1 is 0.714 bits per heavy atom. The van der Waals surface area contributed by atoms with Crippen molar-refractivity contribution in [3.8, 4) is 11.5 Å². The number of rotatable bonds is 4. The van der Waals surface area contributed by atoms with E-state index in [-0.39, 0.29) is 0 Å². The van der Waals surface area contributed by atoms with E-state index in [4.69, 9.17) is 4.74 Å². The van der Waals surface area contributed by atoms with Crippen LogP contribution in [0.3, 0.4) is 0 Å². The number of hydrogen-bond donors (Lipinski definition) is 0. The first-order chi connectivity index (χ1) is 13.8. The van der Waals surface area contributed by atoms with Gasteiger partial charge in [-0.15, -0.1) is 0 Å². The molecule has 4 heteroatoms. The van der Waals surface area contributed by atoms with Gasteiger partial charge in [-0.1, -0.05) is 0 Å². The molecule has 0 fully saturated rings. The van der Waals surface area contributed by atoms with Crippen LogP contribution in [-0.2, 0) is 0 Å². The van der Waals surface area contributed by atoms with Gasteiger partial charge in [0, 0.05) is 0 Å². The van der Waals surface area contributed by atoms with Gasteiger partial charge in [0.05, 0.1) is 0 Å². The molecule has 5 aromatic rings. The first-order valence-corrected chi connectivity index (χ1v) is 12.2. The number of fused-ring (bicyclic) bond motifs is 3. The van der Waals surface area contributed by atoms with Crippen LogP contribution in [0.5, 0.6) is 11.5 Å². The van der Waals surface area contributed by atoms with Crippen LogP contribution >= 0.6 is 27.7 Å². The average Bonchev–Trinajstić information content (AvgIpc) is 3.07. The van der Waals surface area contributed by atoms with E-state index >= 15 is 0 Å². The van der Waals surface area contributed by atoms with E-state index < -0.39 is 0 Å². The molecule has 136 valence electrons. The maximum atomic E-state index is 6.23. The zero-order valence-electron chi connectivity index (χ0n) is 14.8. The second-order valence-corrected chi connectivity index (χ2v) is 10.7. The molecule has 4 aromatic carbocycles. The van der Waals surface area contributed by atoms with Crippen LogP contribution in [0, 0.1) is 0 Å². The summed E-state index contributed by atoms with van der Waals surface area (Å²) < 4.78 is 10.1. The fourth-order valence-electron chi connectivity index (χ4n) is 3.21. The van der Waals surface area contributed by atoms with Gasteiger partial charge in [0.2, 0.25) is 0 Å². The number of halogens is 1. The predicted molar refractivity (Wildman–Crippen MR) is 123 cm³/mol. The number of ether oxygens (including phenoxy) is 1. The third-order valence-corrected chi connectivity index (χ3v) is 8.31. The summed E-state index contributed by atoms with van der Waals surface area (Å²) in [6, 6.07) is 31.7. The summed E-state index contributed by atoms with van der Waals surface area (Å²) in [6.07, 6.45) is 0. The van der Waals surface area contributed by atoms with Crippen molar-refractivity contribution >= 4 is 61.5 Å². The summed E-state index contributed by atoms with van der Waals surface area (Å²) in [5, 5.41) is 2.73. The van der Waals surface area contributed by atoms with Crippen LogP contribution in [0.25, 0.3) is 19.3 Å². The third-order valence-electron chi connectivity index (χ3n) is 4.42. The van der Waals surface area contributed by atoms with Gasteiger partial charge >= 0.3 is 183 Å². The quantitative estimate of drug-likeness (QED) is 0.229. The van der Waals surface area contributed by atoms with Crippen LogP contribution in [0.1, 0.15) is 0 Å². The van der Waals surface area contributed by atoms with Gasteiger partial charge in [-0.05, 0) is 0 Å². The molecule has 0 bridgehead atoms. The molecule has 28 heavy (non-hydrogen) atoms. The van der Waals surface area contributed by atoms with E-state index in [0.29, 0.717) is 14.5 Å². The van der Waals surface area contributed by atoms with Crippen LogP contribution in [0.15, 0.2) is 105 Å². The van der Waals surface area contributed by atoms with Crippen molar-refractivity contribution in [2.24, 2.45) is 0 Å². The van der Waals surface area contributed by atoms with Gasteiger partial charge in [0.1, 0.15) is 0 Å². The molecule has 0 saturated heterocycles. The Bertz CT molecular complexity index is 1280. The van der Waals surface area contributed by atoms with E-state index in [2.05, 4.69) is 82.7 Å². The Kier molecular flexibility index (Phi) is 5.04. The first kappa shape index (κ1) is 18.1. The monoisotopic (exact) mass is 510 g/mol. The molecule has 0 aliphatic carbocycles. The van der Waals surface area contributed by atoms with Crippen molar-refractivity contribution in [3.63, 3.8) is 0 Å². The fraction of sp³-hybridized carbons (Fsp3) is 0. The van der Waals surface area contributed by atoms with Gasteiger partial charge in [0.25, 0.3) is 0 Å². The van der Waals surface area contributed by atoms with E-state index in [9.17, 15) is 0 Å². The van der Waals surface area contributed by atoms with Crippen molar-refractivity contribution in [2.75, 3.05) is 0 Å². The van der Waals surface area contributed by atoms with Crippen molar-refractivity contribution in [1.29, 1.82) is 0 Å². The van der Waals surface area contributed by atoms with E-state index in [1.54, 1.807) is 11.8 Å². The molecule has 0 N–H and O–H groups in total. The van der Waals surface area contributed by atoms with Crippen molar-refractivity contribution in [1.82, 2.24) is 0 Å². The van der Waals surface area contributed by atoms with Crippen molar-refractivity contribution < 1.29 is 4.74 Å². The summed E-state index contributed by atoms with van der Waals surface area (Å²) in [6.45, 7) is 0. The van der Waals surface area contributed by atoms with E-state index in [1.807, 2.05) is 24.3 Å². The van der Waals surface area contributed by atoms with Gasteiger partial charge < -0.3 is 0 Å². The third kappa shape index (κ3) is 3.66. The molecule has 0 unspecified atom stereocenters. The second kappa shape index (κ2) is 7.81. The molecule has 0 aliphatic heterocycles. The summed E-state index contributed by atoms with van der Waals surface area (Å²) >= 11 is 5.63. The van der Waals surface area contributed by atoms with Gasteiger partial charge in [-0.25, -0.2) is 0 Å². The molecule has 0 atom stereocenters. The Balaban J connectivity index is 1.67. The van der Waals surface area contributed by atoms with Crippen LogP contribution in [0.4, 0.5) is 0 Å².